The van der Waals surface area contributed by atoms with Crippen LogP contribution >= 0.6 is 11.6 Å². The number of hydrogen-bond donors (Lipinski definition) is 0. The first-order valence-corrected chi connectivity index (χ1v) is 3.93. The average molecular weight is 198 g/mol. The molecule has 1 aromatic heterocycles. The largest absolute Gasteiger partial charge is 0.465 e. The molecule has 4 heteroatoms. The van der Waals surface area contributed by atoms with Crippen LogP contribution in [0.15, 0.2) is 18.8 Å². The Balaban J connectivity index is 3.23. The minimum atomic E-state index is -0.445. The fourth-order valence-corrected chi connectivity index (χ4v) is 1.05. The highest BCUT2D eigenvalue weighted by atomic mass is 35.5. The lowest BCUT2D eigenvalue weighted by Crippen LogP contribution is -2.04. The molecule has 0 atom stereocenters. The van der Waals surface area contributed by atoms with E-state index in [-0.39, 0.29) is 5.15 Å². The van der Waals surface area contributed by atoms with Crippen molar-refractivity contribution in [2.45, 2.75) is 0 Å². The van der Waals surface area contributed by atoms with E-state index >= 15 is 0 Å². The molecule has 68 valence electrons. The first kappa shape index (κ1) is 9.74. The number of hydrogen-bond acceptors (Lipinski definition) is 3. The number of pyridine rings is 1. The molecule has 1 rings (SSSR count). The Morgan fingerprint density at radius 1 is 1.77 bits per heavy atom. The maximum Gasteiger partial charge on any atom is 0.338 e. The van der Waals surface area contributed by atoms with Crippen molar-refractivity contribution in [1.29, 1.82) is 0 Å². The quantitative estimate of drug-likeness (QED) is 0.539. The van der Waals surface area contributed by atoms with Crippen LogP contribution in [-0.2, 0) is 4.74 Å². The predicted molar refractivity (Wildman–Crippen MR) is 50.7 cm³/mol. The third kappa shape index (κ3) is 2.06. The third-order valence-electron chi connectivity index (χ3n) is 1.53. The van der Waals surface area contributed by atoms with Crippen LogP contribution in [0.25, 0.3) is 6.08 Å². The molecule has 1 heterocycles. The smallest absolute Gasteiger partial charge is 0.338 e. The highest BCUT2D eigenvalue weighted by Gasteiger charge is 2.10. The van der Waals surface area contributed by atoms with Gasteiger partial charge in [0.2, 0.25) is 0 Å². The van der Waals surface area contributed by atoms with Gasteiger partial charge in [0, 0.05) is 11.8 Å². The van der Waals surface area contributed by atoms with Crippen LogP contribution in [-0.4, -0.2) is 18.1 Å². The molecule has 13 heavy (non-hydrogen) atoms. The summed E-state index contributed by atoms with van der Waals surface area (Å²) >= 11 is 5.62. The van der Waals surface area contributed by atoms with Gasteiger partial charge in [0.25, 0.3) is 0 Å². The van der Waals surface area contributed by atoms with Crippen molar-refractivity contribution in [3.63, 3.8) is 0 Å². The molecule has 3 nitrogen and oxygen atoms in total. The van der Waals surface area contributed by atoms with Crippen molar-refractivity contribution in [3.05, 3.63) is 35.1 Å². The van der Waals surface area contributed by atoms with Crippen molar-refractivity contribution in [1.82, 2.24) is 4.98 Å². The molecular weight excluding hydrogens is 190 g/mol. The zero-order valence-electron chi connectivity index (χ0n) is 7.08. The number of rotatable bonds is 2. The number of esters is 1. The Hall–Kier alpha value is -1.35. The molecule has 0 spiro atoms. The highest BCUT2D eigenvalue weighted by Crippen LogP contribution is 2.14. The monoisotopic (exact) mass is 197 g/mol. The van der Waals surface area contributed by atoms with Crippen LogP contribution in [0.1, 0.15) is 15.9 Å². The lowest BCUT2D eigenvalue weighted by Gasteiger charge is -2.02. The Labute approximate surface area is 81.0 Å². The van der Waals surface area contributed by atoms with Crippen LogP contribution in [0, 0.1) is 0 Å². The maximum atomic E-state index is 11.2. The highest BCUT2D eigenvalue weighted by molar-refractivity contribution is 6.29. The summed E-state index contributed by atoms with van der Waals surface area (Å²) in [6.07, 6.45) is 3.00. The van der Waals surface area contributed by atoms with Gasteiger partial charge in [-0.1, -0.05) is 24.3 Å². The van der Waals surface area contributed by atoms with Gasteiger partial charge in [-0.2, -0.15) is 0 Å². The molecule has 0 saturated heterocycles. The van der Waals surface area contributed by atoms with Crippen LogP contribution in [0.3, 0.4) is 0 Å². The summed E-state index contributed by atoms with van der Waals surface area (Å²) < 4.78 is 4.56. The van der Waals surface area contributed by atoms with Gasteiger partial charge in [-0.05, 0) is 6.07 Å². The van der Waals surface area contributed by atoms with E-state index in [4.69, 9.17) is 11.6 Å². The number of carbonyl (C=O) groups is 1. The summed E-state index contributed by atoms with van der Waals surface area (Å²) in [4.78, 5) is 15.0. The van der Waals surface area contributed by atoms with Crippen molar-refractivity contribution < 1.29 is 9.53 Å². The van der Waals surface area contributed by atoms with Crippen molar-refractivity contribution >= 4 is 23.6 Å². The van der Waals surface area contributed by atoms with Crippen molar-refractivity contribution in [2.24, 2.45) is 0 Å². The standard InChI is InChI=1S/C9H8ClNO2/c1-3-6-5-11-8(10)4-7(6)9(12)13-2/h3-5H,1H2,2H3. The van der Waals surface area contributed by atoms with Crippen molar-refractivity contribution in [3.8, 4) is 0 Å². The van der Waals surface area contributed by atoms with E-state index in [2.05, 4.69) is 16.3 Å². The van der Waals surface area contributed by atoms with E-state index < -0.39 is 5.97 Å². The normalized spacial score (nSPS) is 9.38. The molecule has 0 unspecified atom stereocenters. The SMILES string of the molecule is C=Cc1cnc(Cl)cc1C(=O)OC. The van der Waals surface area contributed by atoms with E-state index in [0.29, 0.717) is 11.1 Å². The van der Waals surface area contributed by atoms with E-state index in [1.807, 2.05) is 0 Å². The second-order valence-electron chi connectivity index (χ2n) is 2.29. The number of halogens is 1. The molecule has 0 aromatic carbocycles. The summed E-state index contributed by atoms with van der Waals surface area (Å²) in [7, 11) is 1.31. The lowest BCUT2D eigenvalue weighted by molar-refractivity contribution is 0.0600. The van der Waals surface area contributed by atoms with Crippen LogP contribution < -0.4 is 0 Å². The molecule has 0 saturated carbocycles. The Morgan fingerprint density at radius 2 is 2.46 bits per heavy atom. The molecule has 0 aliphatic carbocycles. The molecule has 0 radical (unpaired) electrons. The summed E-state index contributed by atoms with van der Waals surface area (Å²) in [5.41, 5.74) is 0.980. The Bertz CT molecular complexity index is 349. The number of nitrogens with zero attached hydrogens (tertiary/aromatic N) is 1. The number of carbonyl (C=O) groups excluding carboxylic acids is 1. The van der Waals surface area contributed by atoms with Gasteiger partial charge in [-0.25, -0.2) is 9.78 Å². The first-order valence-electron chi connectivity index (χ1n) is 3.55. The van der Waals surface area contributed by atoms with Crippen LogP contribution in [0.2, 0.25) is 5.15 Å². The molecule has 0 amide bonds. The summed E-state index contributed by atoms with van der Waals surface area (Å²) in [6, 6.07) is 1.45. The fraction of sp³-hybridized carbons (Fsp3) is 0.111. The molecule has 0 aliphatic heterocycles. The van der Waals surface area contributed by atoms with E-state index in [9.17, 15) is 4.79 Å². The summed E-state index contributed by atoms with van der Waals surface area (Å²) in [5.74, 6) is -0.445. The van der Waals surface area contributed by atoms with Gasteiger partial charge < -0.3 is 4.74 Å². The minimum Gasteiger partial charge on any atom is -0.465 e. The summed E-state index contributed by atoms with van der Waals surface area (Å²) in [6.45, 7) is 3.55. The Kier molecular flexibility index (Phi) is 3.03. The molecule has 0 N–H and O–H groups in total. The molecule has 1 aromatic rings. The maximum absolute atomic E-state index is 11.2. The molecular formula is C9H8ClNO2. The number of ether oxygens (including phenoxy) is 1. The fourth-order valence-electron chi connectivity index (χ4n) is 0.890. The van der Waals surface area contributed by atoms with Crippen molar-refractivity contribution in [2.75, 3.05) is 7.11 Å². The summed E-state index contributed by atoms with van der Waals surface area (Å²) in [5, 5.41) is 0.256. The van der Waals surface area contributed by atoms with Gasteiger partial charge in [0.1, 0.15) is 5.15 Å². The predicted octanol–water partition coefficient (Wildman–Crippen LogP) is 2.16. The van der Waals surface area contributed by atoms with Gasteiger partial charge in [-0.15, -0.1) is 0 Å². The topological polar surface area (TPSA) is 39.2 Å². The minimum absolute atomic E-state index is 0.256. The zero-order chi connectivity index (χ0) is 9.84. The Morgan fingerprint density at radius 3 is 3.00 bits per heavy atom. The first-order chi connectivity index (χ1) is 6.19. The van der Waals surface area contributed by atoms with E-state index in [1.165, 1.54) is 25.4 Å². The number of aromatic nitrogens is 1. The third-order valence-corrected chi connectivity index (χ3v) is 1.73. The van der Waals surface area contributed by atoms with Gasteiger partial charge >= 0.3 is 5.97 Å². The van der Waals surface area contributed by atoms with Gasteiger partial charge in [0.15, 0.2) is 0 Å². The van der Waals surface area contributed by atoms with Gasteiger partial charge in [0.05, 0.1) is 12.7 Å². The van der Waals surface area contributed by atoms with E-state index in [0.717, 1.165) is 0 Å². The average Bonchev–Trinajstić information content (AvgIpc) is 2.16. The second kappa shape index (κ2) is 4.05. The lowest BCUT2D eigenvalue weighted by atomic mass is 10.1. The number of methoxy groups -OCH3 is 1. The molecule has 0 aliphatic rings. The van der Waals surface area contributed by atoms with Gasteiger partial charge in [-0.3, -0.25) is 0 Å². The zero-order valence-corrected chi connectivity index (χ0v) is 7.84. The van der Waals surface area contributed by atoms with Crippen LogP contribution in [0.5, 0.6) is 0 Å². The molecule has 0 fully saturated rings. The second-order valence-corrected chi connectivity index (χ2v) is 2.68. The van der Waals surface area contributed by atoms with Crippen LogP contribution in [0.4, 0.5) is 0 Å². The molecule has 0 bridgehead atoms. The van der Waals surface area contributed by atoms with E-state index in [1.54, 1.807) is 0 Å².